The van der Waals surface area contributed by atoms with Crippen LogP contribution in [0.1, 0.15) is 42.8 Å². The van der Waals surface area contributed by atoms with E-state index in [4.69, 9.17) is 0 Å². The summed E-state index contributed by atoms with van der Waals surface area (Å²) >= 11 is 1.77. The number of phenols is 1. The maximum absolute atomic E-state index is 9.86. The van der Waals surface area contributed by atoms with Crippen molar-refractivity contribution in [2.45, 2.75) is 32.4 Å². The second-order valence-corrected chi connectivity index (χ2v) is 5.40. The summed E-state index contributed by atoms with van der Waals surface area (Å²) < 4.78 is 0. The van der Waals surface area contributed by atoms with E-state index >= 15 is 0 Å². The van der Waals surface area contributed by atoms with Crippen LogP contribution in [0.5, 0.6) is 5.75 Å². The van der Waals surface area contributed by atoms with E-state index in [2.05, 4.69) is 36.7 Å². The third-order valence-corrected chi connectivity index (χ3v) is 4.14. The molecule has 2 atom stereocenters. The van der Waals surface area contributed by atoms with Gasteiger partial charge in [-0.2, -0.15) is 0 Å². The molecule has 0 aliphatic heterocycles. The van der Waals surface area contributed by atoms with E-state index in [1.165, 1.54) is 4.88 Å². The Kier molecular flexibility index (Phi) is 4.39. The number of thiophene rings is 1. The van der Waals surface area contributed by atoms with Gasteiger partial charge in [-0.15, -0.1) is 11.3 Å². The largest absolute Gasteiger partial charge is 0.508 e. The highest BCUT2D eigenvalue weighted by Crippen LogP contribution is 2.28. The molecule has 0 saturated heterocycles. The summed E-state index contributed by atoms with van der Waals surface area (Å²) in [6, 6.07) is 12.2. The molecule has 1 heterocycles. The topological polar surface area (TPSA) is 32.3 Å². The van der Waals surface area contributed by atoms with Crippen molar-refractivity contribution in [3.05, 3.63) is 52.2 Å². The molecule has 1 aromatic carbocycles. The van der Waals surface area contributed by atoms with E-state index < -0.39 is 0 Å². The van der Waals surface area contributed by atoms with Gasteiger partial charge in [0.1, 0.15) is 5.75 Å². The van der Waals surface area contributed by atoms with Crippen molar-refractivity contribution in [1.29, 1.82) is 0 Å². The molecule has 0 radical (unpaired) electrons. The van der Waals surface area contributed by atoms with Crippen molar-refractivity contribution < 1.29 is 5.11 Å². The standard InChI is InChI=1S/C15H19NOS/c1-3-13(15-9-6-10-18-15)16-11(2)12-7-4-5-8-14(12)17/h4-11,13,16-17H,3H2,1-2H3. The highest BCUT2D eigenvalue weighted by Gasteiger charge is 2.16. The second-order valence-electron chi connectivity index (χ2n) is 4.42. The second kappa shape index (κ2) is 6.03. The average Bonchev–Trinajstić information content (AvgIpc) is 2.90. The summed E-state index contributed by atoms with van der Waals surface area (Å²) in [5.74, 6) is 0.360. The van der Waals surface area contributed by atoms with Crippen molar-refractivity contribution in [2.24, 2.45) is 0 Å². The minimum absolute atomic E-state index is 0.137. The van der Waals surface area contributed by atoms with Gasteiger partial charge in [-0.3, -0.25) is 0 Å². The predicted molar refractivity (Wildman–Crippen MR) is 77.0 cm³/mol. The molecule has 2 N–H and O–H groups in total. The van der Waals surface area contributed by atoms with Gasteiger partial charge in [-0.1, -0.05) is 31.2 Å². The van der Waals surface area contributed by atoms with Crippen molar-refractivity contribution >= 4 is 11.3 Å². The Morgan fingerprint density at radius 1 is 1.22 bits per heavy atom. The molecule has 2 unspecified atom stereocenters. The number of benzene rings is 1. The molecule has 18 heavy (non-hydrogen) atoms. The van der Waals surface area contributed by atoms with Crippen LogP contribution in [0.25, 0.3) is 0 Å². The minimum atomic E-state index is 0.137. The average molecular weight is 261 g/mol. The fraction of sp³-hybridized carbons (Fsp3) is 0.333. The molecule has 0 spiro atoms. The molecule has 2 rings (SSSR count). The fourth-order valence-electron chi connectivity index (χ4n) is 2.14. The number of para-hydroxylation sites is 1. The molecule has 2 nitrogen and oxygen atoms in total. The van der Waals surface area contributed by atoms with Gasteiger partial charge in [0.2, 0.25) is 0 Å². The molecule has 1 aromatic heterocycles. The highest BCUT2D eigenvalue weighted by atomic mass is 32.1. The maximum Gasteiger partial charge on any atom is 0.120 e. The smallest absolute Gasteiger partial charge is 0.120 e. The Bertz CT molecular complexity index is 481. The molecule has 96 valence electrons. The van der Waals surface area contributed by atoms with E-state index in [9.17, 15) is 5.11 Å². The summed E-state index contributed by atoms with van der Waals surface area (Å²) in [4.78, 5) is 1.35. The van der Waals surface area contributed by atoms with Crippen LogP contribution in [0.3, 0.4) is 0 Å². The van der Waals surface area contributed by atoms with Gasteiger partial charge in [-0.05, 0) is 30.9 Å². The van der Waals surface area contributed by atoms with Gasteiger partial charge in [0.15, 0.2) is 0 Å². The molecule has 0 aliphatic rings. The van der Waals surface area contributed by atoms with Crippen LogP contribution in [-0.4, -0.2) is 5.11 Å². The molecule has 3 heteroatoms. The molecule has 0 fully saturated rings. The first-order chi connectivity index (χ1) is 8.72. The van der Waals surface area contributed by atoms with Gasteiger partial charge in [-0.25, -0.2) is 0 Å². The number of aromatic hydroxyl groups is 1. The van der Waals surface area contributed by atoms with Crippen LogP contribution in [0.2, 0.25) is 0 Å². The first-order valence-electron chi connectivity index (χ1n) is 6.29. The van der Waals surface area contributed by atoms with E-state index in [0.717, 1.165) is 12.0 Å². The molecular formula is C15H19NOS. The monoisotopic (exact) mass is 261 g/mol. The summed E-state index contributed by atoms with van der Waals surface area (Å²) in [6.45, 7) is 4.26. The lowest BCUT2D eigenvalue weighted by Crippen LogP contribution is -2.23. The van der Waals surface area contributed by atoms with Gasteiger partial charge < -0.3 is 10.4 Å². The summed E-state index contributed by atoms with van der Waals surface area (Å²) in [5.41, 5.74) is 0.951. The van der Waals surface area contributed by atoms with Gasteiger partial charge in [0.25, 0.3) is 0 Å². The van der Waals surface area contributed by atoms with Crippen molar-refractivity contribution in [3.63, 3.8) is 0 Å². The first kappa shape index (κ1) is 13.1. The van der Waals surface area contributed by atoms with E-state index in [0.29, 0.717) is 11.8 Å². The highest BCUT2D eigenvalue weighted by molar-refractivity contribution is 7.10. The molecule has 0 aliphatic carbocycles. The number of phenolic OH excluding ortho intramolecular Hbond substituents is 1. The van der Waals surface area contributed by atoms with Crippen molar-refractivity contribution in [3.8, 4) is 5.75 Å². The third-order valence-electron chi connectivity index (χ3n) is 3.15. The lowest BCUT2D eigenvalue weighted by atomic mass is 10.0. The molecule has 2 aromatic rings. The number of rotatable bonds is 5. The number of hydrogen-bond acceptors (Lipinski definition) is 3. The Hall–Kier alpha value is -1.32. The zero-order valence-electron chi connectivity index (χ0n) is 10.8. The Morgan fingerprint density at radius 2 is 2.00 bits per heavy atom. The molecule has 0 bridgehead atoms. The Balaban J connectivity index is 2.11. The van der Waals surface area contributed by atoms with Crippen molar-refractivity contribution in [2.75, 3.05) is 0 Å². The van der Waals surface area contributed by atoms with Crippen LogP contribution in [0.4, 0.5) is 0 Å². The third kappa shape index (κ3) is 2.92. The van der Waals surface area contributed by atoms with Gasteiger partial charge in [0, 0.05) is 22.5 Å². The van der Waals surface area contributed by atoms with E-state index in [1.54, 1.807) is 17.4 Å². The van der Waals surface area contributed by atoms with Crippen molar-refractivity contribution in [1.82, 2.24) is 5.32 Å². The first-order valence-corrected chi connectivity index (χ1v) is 7.17. The van der Waals surface area contributed by atoms with E-state index in [-0.39, 0.29) is 6.04 Å². The van der Waals surface area contributed by atoms with Crippen LogP contribution >= 0.6 is 11.3 Å². The predicted octanol–water partition coefficient (Wildman–Crippen LogP) is 4.26. The Labute approximate surface area is 112 Å². The molecule has 0 saturated carbocycles. The molecular weight excluding hydrogens is 242 g/mol. The zero-order valence-corrected chi connectivity index (χ0v) is 11.6. The van der Waals surface area contributed by atoms with Crippen LogP contribution < -0.4 is 5.32 Å². The normalized spacial score (nSPS) is 14.3. The van der Waals surface area contributed by atoms with Crippen LogP contribution in [-0.2, 0) is 0 Å². The SMILES string of the molecule is CCC(NC(C)c1ccccc1O)c1cccs1. The zero-order chi connectivity index (χ0) is 13.0. The maximum atomic E-state index is 9.86. The summed E-state index contributed by atoms with van der Waals surface area (Å²) in [5, 5.41) is 15.5. The molecule has 0 amide bonds. The van der Waals surface area contributed by atoms with Crippen LogP contribution in [0.15, 0.2) is 41.8 Å². The van der Waals surface area contributed by atoms with Crippen LogP contribution in [0, 0.1) is 0 Å². The Morgan fingerprint density at radius 3 is 2.61 bits per heavy atom. The fourth-order valence-corrected chi connectivity index (χ4v) is 3.01. The van der Waals surface area contributed by atoms with E-state index in [1.807, 2.05) is 18.2 Å². The van der Waals surface area contributed by atoms with Gasteiger partial charge >= 0.3 is 0 Å². The quantitative estimate of drug-likeness (QED) is 0.843. The van der Waals surface area contributed by atoms with Gasteiger partial charge in [0.05, 0.1) is 0 Å². The summed E-state index contributed by atoms with van der Waals surface area (Å²) in [6.07, 6.45) is 1.04. The summed E-state index contributed by atoms with van der Waals surface area (Å²) in [7, 11) is 0. The lowest BCUT2D eigenvalue weighted by molar-refractivity contribution is 0.426. The lowest BCUT2D eigenvalue weighted by Gasteiger charge is -2.22. The number of nitrogens with one attached hydrogen (secondary N) is 1. The minimum Gasteiger partial charge on any atom is -0.508 e. The number of hydrogen-bond donors (Lipinski definition) is 2.